The van der Waals surface area contributed by atoms with Gasteiger partial charge in [0.15, 0.2) is 0 Å². The van der Waals surface area contributed by atoms with Crippen LogP contribution in [0.15, 0.2) is 24.3 Å². The molecule has 0 unspecified atom stereocenters. The predicted molar refractivity (Wildman–Crippen MR) is 74.2 cm³/mol. The van der Waals surface area contributed by atoms with Crippen molar-refractivity contribution in [2.45, 2.75) is 6.92 Å². The van der Waals surface area contributed by atoms with Crippen molar-refractivity contribution in [1.82, 2.24) is 4.98 Å². The van der Waals surface area contributed by atoms with Crippen molar-refractivity contribution in [3.63, 3.8) is 0 Å². The Hall–Kier alpha value is -2.30. The first kappa shape index (κ1) is 13.1. The Morgan fingerprint density at radius 1 is 1.37 bits per heavy atom. The van der Waals surface area contributed by atoms with E-state index in [0.717, 1.165) is 10.9 Å². The molecule has 0 atom stereocenters. The third-order valence-corrected chi connectivity index (χ3v) is 2.73. The molecule has 100 valence electrons. The fourth-order valence-corrected chi connectivity index (χ4v) is 1.90. The molecule has 0 bridgehead atoms. The highest BCUT2D eigenvalue weighted by molar-refractivity contribution is 5.98. The molecule has 0 aliphatic rings. The van der Waals surface area contributed by atoms with E-state index in [1.165, 1.54) is 0 Å². The van der Waals surface area contributed by atoms with Gasteiger partial charge in [-0.2, -0.15) is 0 Å². The number of rotatable bonds is 4. The molecule has 0 fully saturated rings. The highest BCUT2D eigenvalue weighted by Crippen LogP contribution is 2.25. The van der Waals surface area contributed by atoms with Crippen LogP contribution in [0.5, 0.6) is 5.75 Å². The van der Waals surface area contributed by atoms with Crippen molar-refractivity contribution in [3.8, 4) is 5.75 Å². The molecule has 19 heavy (non-hydrogen) atoms. The van der Waals surface area contributed by atoms with Crippen LogP contribution >= 0.6 is 0 Å². The number of anilines is 1. The number of carboxylic acid groups (broad SMARTS) is 1. The second kappa shape index (κ2) is 5.14. The minimum absolute atomic E-state index is 0.186. The summed E-state index contributed by atoms with van der Waals surface area (Å²) in [4.78, 5) is 17.4. The number of carboxylic acids is 1. The van der Waals surface area contributed by atoms with Gasteiger partial charge in [0.05, 0.1) is 12.1 Å². The van der Waals surface area contributed by atoms with Gasteiger partial charge in [-0.1, -0.05) is 0 Å². The van der Waals surface area contributed by atoms with Crippen LogP contribution in [0.3, 0.4) is 0 Å². The van der Waals surface area contributed by atoms with Crippen molar-refractivity contribution in [1.29, 1.82) is 0 Å². The lowest BCUT2D eigenvalue weighted by atomic mass is 10.1. The van der Waals surface area contributed by atoms with E-state index in [0.29, 0.717) is 18.2 Å². The largest absolute Gasteiger partial charge is 0.494 e. The van der Waals surface area contributed by atoms with Crippen molar-refractivity contribution in [3.05, 3.63) is 29.8 Å². The number of nitrogens with zero attached hydrogens (tertiary/aromatic N) is 2. The molecule has 0 aliphatic heterocycles. The van der Waals surface area contributed by atoms with Gasteiger partial charge in [-0.05, 0) is 31.2 Å². The number of hydrogen-bond acceptors (Lipinski definition) is 4. The van der Waals surface area contributed by atoms with Crippen LogP contribution in [0, 0.1) is 0 Å². The van der Waals surface area contributed by atoms with Gasteiger partial charge in [0.2, 0.25) is 0 Å². The van der Waals surface area contributed by atoms with Crippen LogP contribution in [0.4, 0.5) is 5.82 Å². The van der Waals surface area contributed by atoms with E-state index in [-0.39, 0.29) is 5.56 Å². The number of ether oxygens (including phenoxy) is 1. The molecule has 1 aromatic heterocycles. The Morgan fingerprint density at radius 2 is 2.11 bits per heavy atom. The molecule has 5 nitrogen and oxygen atoms in total. The molecule has 1 N–H and O–H groups in total. The van der Waals surface area contributed by atoms with Gasteiger partial charge in [-0.25, -0.2) is 9.78 Å². The standard InChI is InChI=1S/C14H16N2O3/c1-4-19-10-5-6-12-9(7-10)8-11(14(17)18)13(15-12)16(2)3/h5-8H,4H2,1-3H3,(H,17,18). The summed E-state index contributed by atoms with van der Waals surface area (Å²) < 4.78 is 5.41. The molecule has 2 aromatic rings. The zero-order chi connectivity index (χ0) is 14.0. The summed E-state index contributed by atoms with van der Waals surface area (Å²) in [6, 6.07) is 7.10. The molecule has 0 saturated carbocycles. The lowest BCUT2D eigenvalue weighted by Gasteiger charge is -2.15. The average Bonchev–Trinajstić information content (AvgIpc) is 2.37. The third kappa shape index (κ3) is 2.59. The van der Waals surface area contributed by atoms with Crippen LogP contribution in [0.25, 0.3) is 10.9 Å². The number of pyridine rings is 1. The molecule has 0 spiro atoms. The summed E-state index contributed by atoms with van der Waals surface area (Å²) in [7, 11) is 3.55. The Bertz CT molecular complexity index is 623. The maximum Gasteiger partial charge on any atom is 0.339 e. The van der Waals surface area contributed by atoms with Crippen molar-refractivity contribution >= 4 is 22.7 Å². The van der Waals surface area contributed by atoms with Crippen LogP contribution in [-0.2, 0) is 0 Å². The van der Waals surface area contributed by atoms with Crippen LogP contribution < -0.4 is 9.64 Å². The van der Waals surface area contributed by atoms with E-state index in [1.807, 2.05) is 19.1 Å². The average molecular weight is 260 g/mol. The molecule has 2 rings (SSSR count). The van der Waals surface area contributed by atoms with Gasteiger partial charge in [-0.3, -0.25) is 0 Å². The summed E-state index contributed by atoms with van der Waals surface area (Å²) in [5.74, 6) is 0.176. The normalized spacial score (nSPS) is 10.5. The first-order valence-electron chi connectivity index (χ1n) is 6.01. The first-order chi connectivity index (χ1) is 9.02. The highest BCUT2D eigenvalue weighted by atomic mass is 16.5. The number of carbonyl (C=O) groups is 1. The fourth-order valence-electron chi connectivity index (χ4n) is 1.90. The smallest absolute Gasteiger partial charge is 0.339 e. The lowest BCUT2D eigenvalue weighted by Crippen LogP contribution is -2.15. The minimum Gasteiger partial charge on any atom is -0.494 e. The van der Waals surface area contributed by atoms with Gasteiger partial charge >= 0.3 is 5.97 Å². The zero-order valence-corrected chi connectivity index (χ0v) is 11.2. The molecule has 0 radical (unpaired) electrons. The summed E-state index contributed by atoms with van der Waals surface area (Å²) in [6.07, 6.45) is 0. The summed E-state index contributed by atoms with van der Waals surface area (Å²) >= 11 is 0. The molecule has 5 heteroatoms. The Morgan fingerprint density at radius 3 is 2.68 bits per heavy atom. The fraction of sp³-hybridized carbons (Fsp3) is 0.286. The van der Waals surface area contributed by atoms with Crippen LogP contribution in [0.1, 0.15) is 17.3 Å². The van der Waals surface area contributed by atoms with Gasteiger partial charge in [0, 0.05) is 19.5 Å². The third-order valence-electron chi connectivity index (χ3n) is 2.73. The topological polar surface area (TPSA) is 62.7 Å². The second-order valence-corrected chi connectivity index (χ2v) is 4.35. The zero-order valence-electron chi connectivity index (χ0n) is 11.2. The SMILES string of the molecule is CCOc1ccc2nc(N(C)C)c(C(=O)O)cc2c1. The van der Waals surface area contributed by atoms with E-state index in [9.17, 15) is 9.90 Å². The highest BCUT2D eigenvalue weighted by Gasteiger charge is 2.15. The van der Waals surface area contributed by atoms with Crippen molar-refractivity contribution in [2.75, 3.05) is 25.6 Å². The molecule has 1 heterocycles. The van der Waals surface area contributed by atoms with E-state index in [2.05, 4.69) is 4.98 Å². The monoisotopic (exact) mass is 260 g/mol. The number of aromatic nitrogens is 1. The molecule has 0 saturated heterocycles. The van der Waals surface area contributed by atoms with Crippen LogP contribution in [0.2, 0.25) is 0 Å². The number of fused-ring (bicyclic) bond motifs is 1. The Labute approximate surface area is 111 Å². The van der Waals surface area contributed by atoms with Gasteiger partial charge in [-0.15, -0.1) is 0 Å². The number of aromatic carboxylic acids is 1. The maximum atomic E-state index is 11.3. The molecule has 0 aliphatic carbocycles. The van der Waals surface area contributed by atoms with Gasteiger partial charge < -0.3 is 14.7 Å². The van der Waals surface area contributed by atoms with Crippen LogP contribution in [-0.4, -0.2) is 36.8 Å². The van der Waals surface area contributed by atoms with Crippen molar-refractivity contribution < 1.29 is 14.6 Å². The van der Waals surface area contributed by atoms with Gasteiger partial charge in [0.25, 0.3) is 0 Å². The van der Waals surface area contributed by atoms with Gasteiger partial charge in [0.1, 0.15) is 17.1 Å². The maximum absolute atomic E-state index is 11.3. The molecule has 1 aromatic carbocycles. The molecule has 0 amide bonds. The Balaban J connectivity index is 2.63. The quantitative estimate of drug-likeness (QED) is 0.914. The predicted octanol–water partition coefficient (Wildman–Crippen LogP) is 2.40. The number of benzene rings is 1. The summed E-state index contributed by atoms with van der Waals surface area (Å²) in [5.41, 5.74) is 0.934. The summed E-state index contributed by atoms with van der Waals surface area (Å²) in [5, 5.41) is 10.0. The van der Waals surface area contributed by atoms with E-state index in [4.69, 9.17) is 4.74 Å². The van der Waals surface area contributed by atoms with E-state index in [1.54, 1.807) is 31.1 Å². The van der Waals surface area contributed by atoms with E-state index >= 15 is 0 Å². The molecular weight excluding hydrogens is 244 g/mol. The molecular formula is C14H16N2O3. The Kier molecular flexibility index (Phi) is 3.55. The van der Waals surface area contributed by atoms with Crippen molar-refractivity contribution in [2.24, 2.45) is 0 Å². The summed E-state index contributed by atoms with van der Waals surface area (Å²) in [6.45, 7) is 2.47. The second-order valence-electron chi connectivity index (χ2n) is 4.35. The lowest BCUT2D eigenvalue weighted by molar-refractivity contribution is 0.0697. The first-order valence-corrected chi connectivity index (χ1v) is 6.01. The minimum atomic E-state index is -0.986. The van der Waals surface area contributed by atoms with E-state index < -0.39 is 5.97 Å². The number of hydrogen-bond donors (Lipinski definition) is 1.